The lowest BCUT2D eigenvalue weighted by Gasteiger charge is -2.12. The summed E-state index contributed by atoms with van der Waals surface area (Å²) in [5.41, 5.74) is 9.04. The molecule has 140 valence electrons. The molecule has 27 heavy (non-hydrogen) atoms. The Morgan fingerprint density at radius 2 is 1.78 bits per heavy atom. The lowest BCUT2D eigenvalue weighted by molar-refractivity contribution is 0.262. The van der Waals surface area contributed by atoms with Crippen molar-refractivity contribution in [3.63, 3.8) is 0 Å². The van der Waals surface area contributed by atoms with Crippen LogP contribution in [0.5, 0.6) is 0 Å². The van der Waals surface area contributed by atoms with E-state index in [1.54, 1.807) is 12.1 Å². The van der Waals surface area contributed by atoms with Crippen molar-refractivity contribution < 1.29 is 9.32 Å². The van der Waals surface area contributed by atoms with Crippen molar-refractivity contribution >= 4 is 23.4 Å². The average Bonchev–Trinajstić information content (AvgIpc) is 3.04. The topological polar surface area (TPSA) is 106 Å². The molecule has 7 heteroatoms. The molecule has 7 nitrogen and oxygen atoms in total. The zero-order valence-corrected chi connectivity index (χ0v) is 15.8. The van der Waals surface area contributed by atoms with Crippen molar-refractivity contribution in [1.29, 1.82) is 0 Å². The van der Waals surface area contributed by atoms with Crippen LogP contribution in [-0.4, -0.2) is 16.2 Å². The molecule has 0 radical (unpaired) electrons. The molecule has 0 fully saturated rings. The molecule has 0 spiro atoms. The van der Waals surface area contributed by atoms with Gasteiger partial charge >= 0.3 is 6.03 Å². The van der Waals surface area contributed by atoms with Gasteiger partial charge in [-0.1, -0.05) is 38.1 Å². The van der Waals surface area contributed by atoms with Crippen LogP contribution in [0.15, 0.2) is 47.0 Å². The molecule has 3 aromatic rings. The number of nitrogens with zero attached hydrogens (tertiary/aromatic N) is 2. The van der Waals surface area contributed by atoms with Gasteiger partial charge in [0.25, 0.3) is 0 Å². The van der Waals surface area contributed by atoms with Gasteiger partial charge in [-0.2, -0.15) is 0 Å². The number of benzene rings is 1. The first kappa shape index (κ1) is 18.4. The molecule has 2 heterocycles. The largest absolute Gasteiger partial charge is 0.384 e. The molecule has 0 saturated carbocycles. The van der Waals surface area contributed by atoms with Gasteiger partial charge < -0.3 is 15.6 Å². The Balaban J connectivity index is 1.66. The van der Waals surface area contributed by atoms with E-state index in [4.69, 9.17) is 10.3 Å². The van der Waals surface area contributed by atoms with Crippen molar-refractivity contribution in [1.82, 2.24) is 10.1 Å². The fourth-order valence-electron chi connectivity index (χ4n) is 2.58. The van der Waals surface area contributed by atoms with Crippen LogP contribution in [0.3, 0.4) is 0 Å². The third-order valence-electron chi connectivity index (χ3n) is 4.05. The summed E-state index contributed by atoms with van der Waals surface area (Å²) in [6.07, 6.45) is 0. The van der Waals surface area contributed by atoms with E-state index in [1.807, 2.05) is 58.0 Å². The Hall–Kier alpha value is -3.35. The number of nitrogens with two attached hydrogens (primary N) is 1. The van der Waals surface area contributed by atoms with Crippen molar-refractivity contribution in [2.24, 2.45) is 0 Å². The van der Waals surface area contributed by atoms with E-state index in [9.17, 15) is 4.79 Å². The predicted octanol–water partition coefficient (Wildman–Crippen LogP) is 4.57. The van der Waals surface area contributed by atoms with Gasteiger partial charge in [-0.3, -0.25) is 5.32 Å². The molecule has 0 aliphatic rings. The number of hydrogen-bond donors (Lipinski definition) is 3. The molecule has 0 saturated heterocycles. The lowest BCUT2D eigenvalue weighted by atomic mass is 9.93. The van der Waals surface area contributed by atoms with E-state index >= 15 is 0 Å². The minimum atomic E-state index is -0.387. The Labute approximate surface area is 158 Å². The van der Waals surface area contributed by atoms with E-state index in [1.165, 1.54) is 0 Å². The van der Waals surface area contributed by atoms with E-state index in [2.05, 4.69) is 20.8 Å². The number of aromatic nitrogens is 2. The number of urea groups is 1. The molecular weight excluding hydrogens is 342 g/mol. The van der Waals surface area contributed by atoms with Gasteiger partial charge in [0.05, 0.1) is 0 Å². The van der Waals surface area contributed by atoms with Crippen LogP contribution < -0.4 is 16.4 Å². The third-order valence-corrected chi connectivity index (χ3v) is 4.05. The highest BCUT2D eigenvalue weighted by Crippen LogP contribution is 2.26. The third kappa shape index (κ3) is 4.44. The number of nitrogen functional groups attached to an aromatic ring is 1. The number of aryl methyl sites for hydroxylation is 1. The van der Waals surface area contributed by atoms with Gasteiger partial charge in [0.15, 0.2) is 5.82 Å². The quantitative estimate of drug-likeness (QED) is 0.630. The van der Waals surface area contributed by atoms with Gasteiger partial charge in [0, 0.05) is 28.4 Å². The van der Waals surface area contributed by atoms with Crippen LogP contribution in [-0.2, 0) is 5.41 Å². The van der Waals surface area contributed by atoms with E-state index in [-0.39, 0.29) is 11.4 Å². The Bertz CT molecular complexity index is 955. The molecule has 0 aliphatic carbocycles. The number of pyridine rings is 1. The molecule has 2 amide bonds. The number of rotatable bonds is 3. The normalized spacial score (nSPS) is 11.3. The molecule has 4 N–H and O–H groups in total. The molecule has 3 rings (SSSR count). The van der Waals surface area contributed by atoms with Gasteiger partial charge in [0.2, 0.25) is 0 Å². The minimum absolute atomic E-state index is 0.172. The first-order chi connectivity index (χ1) is 12.7. The Morgan fingerprint density at radius 1 is 1.07 bits per heavy atom. The smallest absolute Gasteiger partial charge is 0.324 e. The second kappa shape index (κ2) is 7.11. The molecule has 0 aliphatic heterocycles. The van der Waals surface area contributed by atoms with Crippen molar-refractivity contribution in [3.8, 4) is 11.1 Å². The van der Waals surface area contributed by atoms with Crippen molar-refractivity contribution in [2.45, 2.75) is 33.1 Å². The summed E-state index contributed by atoms with van der Waals surface area (Å²) in [5, 5.41) is 9.31. The van der Waals surface area contributed by atoms with Crippen molar-refractivity contribution in [3.05, 3.63) is 53.9 Å². The summed E-state index contributed by atoms with van der Waals surface area (Å²) in [5.74, 6) is 1.57. The van der Waals surface area contributed by atoms with Crippen LogP contribution in [0.2, 0.25) is 0 Å². The molecule has 1 aromatic carbocycles. The van der Waals surface area contributed by atoms with Gasteiger partial charge in [-0.15, -0.1) is 0 Å². The SMILES string of the molecule is Cc1nc(N)ccc1-c1ccc(NC(=O)Nc2cc(C(C)(C)C)on2)cc1. The highest BCUT2D eigenvalue weighted by Gasteiger charge is 2.20. The zero-order valence-electron chi connectivity index (χ0n) is 15.8. The molecule has 0 unspecified atom stereocenters. The lowest BCUT2D eigenvalue weighted by Crippen LogP contribution is -2.19. The molecular formula is C20H23N5O2. The van der Waals surface area contributed by atoms with E-state index < -0.39 is 0 Å². The second-order valence-electron chi connectivity index (χ2n) is 7.35. The van der Waals surface area contributed by atoms with Crippen LogP contribution >= 0.6 is 0 Å². The summed E-state index contributed by atoms with van der Waals surface area (Å²) < 4.78 is 5.26. The minimum Gasteiger partial charge on any atom is -0.384 e. The maximum atomic E-state index is 12.2. The number of carbonyl (C=O) groups excluding carboxylic acids is 1. The van der Waals surface area contributed by atoms with Gasteiger partial charge in [0.1, 0.15) is 11.6 Å². The number of nitrogens with one attached hydrogen (secondary N) is 2. The van der Waals surface area contributed by atoms with Gasteiger partial charge in [-0.25, -0.2) is 9.78 Å². The highest BCUT2D eigenvalue weighted by atomic mass is 16.5. The number of carbonyl (C=O) groups is 1. The fourth-order valence-corrected chi connectivity index (χ4v) is 2.58. The highest BCUT2D eigenvalue weighted by molar-refractivity contribution is 5.99. The summed E-state index contributed by atoms with van der Waals surface area (Å²) in [6.45, 7) is 7.95. The number of anilines is 3. The number of amides is 2. The van der Waals surface area contributed by atoms with Crippen LogP contribution in [0.1, 0.15) is 32.2 Å². The van der Waals surface area contributed by atoms with Gasteiger partial charge in [-0.05, 0) is 36.8 Å². The molecule has 2 aromatic heterocycles. The first-order valence-corrected chi connectivity index (χ1v) is 8.61. The maximum Gasteiger partial charge on any atom is 0.324 e. The van der Waals surface area contributed by atoms with Crippen LogP contribution in [0.25, 0.3) is 11.1 Å². The molecule has 0 bridgehead atoms. The first-order valence-electron chi connectivity index (χ1n) is 8.61. The van der Waals surface area contributed by atoms with E-state index in [0.717, 1.165) is 16.8 Å². The Kier molecular flexibility index (Phi) is 4.85. The summed E-state index contributed by atoms with van der Waals surface area (Å²) in [6, 6.07) is 12.5. The monoisotopic (exact) mass is 365 g/mol. The van der Waals surface area contributed by atoms with E-state index in [0.29, 0.717) is 23.1 Å². The zero-order chi connectivity index (χ0) is 19.6. The maximum absolute atomic E-state index is 12.2. The second-order valence-corrected chi connectivity index (χ2v) is 7.35. The predicted molar refractivity (Wildman–Crippen MR) is 107 cm³/mol. The van der Waals surface area contributed by atoms with Crippen molar-refractivity contribution in [2.75, 3.05) is 16.4 Å². The number of hydrogen-bond acceptors (Lipinski definition) is 5. The average molecular weight is 365 g/mol. The van der Waals surface area contributed by atoms with Crippen LogP contribution in [0, 0.1) is 6.92 Å². The molecule has 0 atom stereocenters. The summed E-state index contributed by atoms with van der Waals surface area (Å²) in [7, 11) is 0. The van der Waals surface area contributed by atoms with Crippen LogP contribution in [0.4, 0.5) is 22.1 Å². The standard InChI is InChI=1S/C20H23N5O2/c1-12-15(9-10-17(21)22-12)13-5-7-14(8-6-13)23-19(26)24-18-11-16(27-25-18)20(2,3)4/h5-11H,1-4H3,(H2,21,22)(H2,23,24,25,26). The summed E-state index contributed by atoms with van der Waals surface area (Å²) >= 11 is 0. The Morgan fingerprint density at radius 3 is 2.37 bits per heavy atom. The summed E-state index contributed by atoms with van der Waals surface area (Å²) in [4.78, 5) is 16.4. The fraction of sp³-hybridized carbons (Fsp3) is 0.250.